The molecule has 2 amide bonds. The fourth-order valence-corrected chi connectivity index (χ4v) is 0.626. The first-order valence-corrected chi connectivity index (χ1v) is 3.92. The van der Waals surface area contributed by atoms with Gasteiger partial charge in [0.1, 0.15) is 0 Å². The smallest absolute Gasteiger partial charge is 0.233 e. The molecule has 0 unspecified atom stereocenters. The zero-order chi connectivity index (χ0) is 9.40. The van der Waals surface area contributed by atoms with Crippen LogP contribution in [0.25, 0.3) is 0 Å². The first-order valence-electron chi connectivity index (χ1n) is 3.92. The van der Waals surface area contributed by atoms with E-state index < -0.39 is 5.91 Å². The molecular weight excluding hydrogens is 158 g/mol. The van der Waals surface area contributed by atoms with E-state index in [-0.39, 0.29) is 18.9 Å². The molecule has 4 N–H and O–H groups in total. The molecule has 0 bridgehead atoms. The van der Waals surface area contributed by atoms with Gasteiger partial charge in [0, 0.05) is 13.0 Å². The van der Waals surface area contributed by atoms with Crippen LogP contribution in [0, 0.1) is 0 Å². The van der Waals surface area contributed by atoms with Crippen LogP contribution in [0.4, 0.5) is 0 Å². The molecule has 0 aromatic carbocycles. The summed E-state index contributed by atoms with van der Waals surface area (Å²) in [7, 11) is 0. The summed E-state index contributed by atoms with van der Waals surface area (Å²) in [6.45, 7) is 3.27. The van der Waals surface area contributed by atoms with Crippen LogP contribution in [0.15, 0.2) is 0 Å². The predicted molar refractivity (Wildman–Crippen MR) is 45.4 cm³/mol. The van der Waals surface area contributed by atoms with Crippen molar-refractivity contribution in [2.75, 3.05) is 19.6 Å². The average molecular weight is 173 g/mol. The molecule has 0 spiro atoms. The molecule has 0 aliphatic carbocycles. The number of nitrogens with one attached hydrogen (secondary N) is 2. The molecule has 0 atom stereocenters. The van der Waals surface area contributed by atoms with Crippen molar-refractivity contribution in [3.8, 4) is 0 Å². The number of amides is 2. The Labute approximate surface area is 71.7 Å². The second kappa shape index (κ2) is 6.60. The summed E-state index contributed by atoms with van der Waals surface area (Å²) in [5.41, 5.74) is 4.87. The molecule has 0 aliphatic heterocycles. The highest BCUT2D eigenvalue weighted by Gasteiger charge is 1.99. The van der Waals surface area contributed by atoms with E-state index in [1.54, 1.807) is 0 Å². The van der Waals surface area contributed by atoms with Crippen LogP contribution < -0.4 is 16.4 Å². The molecule has 0 heterocycles. The largest absolute Gasteiger partial charge is 0.370 e. The Balaban J connectivity index is 3.25. The average Bonchev–Trinajstić information content (AvgIpc) is 2.00. The lowest BCUT2D eigenvalue weighted by Gasteiger charge is -2.02. The summed E-state index contributed by atoms with van der Waals surface area (Å²) in [6.07, 6.45) is 0.192. The lowest BCUT2D eigenvalue weighted by Crippen LogP contribution is -2.35. The summed E-state index contributed by atoms with van der Waals surface area (Å²) < 4.78 is 0. The number of nitrogens with two attached hydrogens (primary N) is 1. The maximum Gasteiger partial charge on any atom is 0.233 e. The molecule has 0 radical (unpaired) electrons. The number of hydrogen-bond donors (Lipinski definition) is 3. The highest BCUT2D eigenvalue weighted by molar-refractivity contribution is 5.79. The lowest BCUT2D eigenvalue weighted by molar-refractivity contribution is -0.120. The molecule has 0 aromatic rings. The molecule has 0 aromatic heterocycles. The van der Waals surface area contributed by atoms with E-state index in [9.17, 15) is 9.59 Å². The van der Waals surface area contributed by atoms with Gasteiger partial charge in [0.2, 0.25) is 11.8 Å². The highest BCUT2D eigenvalue weighted by Crippen LogP contribution is 1.72. The summed E-state index contributed by atoms with van der Waals surface area (Å²) in [5, 5.41) is 5.40. The standard InChI is InChI=1S/C7H15N3O2/c1-2-9-5-7(12)10-4-3-6(8)11/h9H,2-5H2,1H3,(H2,8,11)(H,10,12). The van der Waals surface area contributed by atoms with Crippen molar-refractivity contribution < 1.29 is 9.59 Å². The maximum absolute atomic E-state index is 10.9. The van der Waals surface area contributed by atoms with Crippen LogP contribution in [-0.2, 0) is 9.59 Å². The summed E-state index contributed by atoms with van der Waals surface area (Å²) >= 11 is 0. The Morgan fingerprint density at radius 2 is 2.08 bits per heavy atom. The third kappa shape index (κ3) is 7.01. The number of rotatable bonds is 6. The van der Waals surface area contributed by atoms with Gasteiger partial charge in [0.05, 0.1) is 6.54 Å². The van der Waals surface area contributed by atoms with Crippen LogP contribution in [-0.4, -0.2) is 31.4 Å². The Hall–Kier alpha value is -1.10. The van der Waals surface area contributed by atoms with Crippen LogP contribution in [0.5, 0.6) is 0 Å². The van der Waals surface area contributed by atoms with E-state index in [4.69, 9.17) is 5.73 Å². The van der Waals surface area contributed by atoms with Gasteiger partial charge in [-0.25, -0.2) is 0 Å². The third-order valence-electron chi connectivity index (χ3n) is 1.23. The number of carbonyl (C=O) groups is 2. The van der Waals surface area contributed by atoms with E-state index in [1.807, 2.05) is 6.92 Å². The van der Waals surface area contributed by atoms with Crippen molar-refractivity contribution in [1.29, 1.82) is 0 Å². The van der Waals surface area contributed by atoms with Crippen molar-refractivity contribution >= 4 is 11.8 Å². The first kappa shape index (κ1) is 10.9. The van der Waals surface area contributed by atoms with Crippen LogP contribution in [0.3, 0.4) is 0 Å². The molecule has 5 nitrogen and oxygen atoms in total. The van der Waals surface area contributed by atoms with Gasteiger partial charge in [0.25, 0.3) is 0 Å². The predicted octanol–water partition coefficient (Wildman–Crippen LogP) is -1.41. The van der Waals surface area contributed by atoms with Gasteiger partial charge in [-0.2, -0.15) is 0 Å². The second-order valence-corrected chi connectivity index (χ2v) is 2.35. The normalized spacial score (nSPS) is 9.42. The molecule has 0 saturated carbocycles. The van der Waals surface area contributed by atoms with Gasteiger partial charge in [-0.05, 0) is 6.54 Å². The monoisotopic (exact) mass is 173 g/mol. The molecular formula is C7H15N3O2. The lowest BCUT2D eigenvalue weighted by atomic mass is 10.4. The second-order valence-electron chi connectivity index (χ2n) is 2.35. The number of carbonyl (C=O) groups excluding carboxylic acids is 2. The SMILES string of the molecule is CCNCC(=O)NCCC(N)=O. The van der Waals surface area contributed by atoms with Crippen molar-refractivity contribution in [2.24, 2.45) is 5.73 Å². The fourth-order valence-electron chi connectivity index (χ4n) is 0.626. The minimum absolute atomic E-state index is 0.113. The van der Waals surface area contributed by atoms with E-state index in [0.29, 0.717) is 6.54 Å². The molecule has 0 fully saturated rings. The summed E-state index contributed by atoms with van der Waals surface area (Å²) in [5.74, 6) is -0.517. The minimum atomic E-state index is -0.404. The Kier molecular flexibility index (Phi) is 6.00. The number of likely N-dealkylation sites (N-methyl/N-ethyl adjacent to an activating group) is 1. The first-order chi connectivity index (χ1) is 5.66. The van der Waals surface area contributed by atoms with Gasteiger partial charge in [-0.3, -0.25) is 9.59 Å². The molecule has 0 saturated heterocycles. The van der Waals surface area contributed by atoms with E-state index in [2.05, 4.69) is 10.6 Å². The van der Waals surface area contributed by atoms with Gasteiger partial charge < -0.3 is 16.4 Å². The molecule has 0 aliphatic rings. The van der Waals surface area contributed by atoms with Crippen LogP contribution in [0.2, 0.25) is 0 Å². The Bertz CT molecular complexity index is 159. The van der Waals surface area contributed by atoms with Crippen LogP contribution >= 0.6 is 0 Å². The minimum Gasteiger partial charge on any atom is -0.370 e. The van der Waals surface area contributed by atoms with Gasteiger partial charge in [-0.15, -0.1) is 0 Å². The molecule has 0 rings (SSSR count). The van der Waals surface area contributed by atoms with Crippen LogP contribution in [0.1, 0.15) is 13.3 Å². The van der Waals surface area contributed by atoms with Gasteiger partial charge in [0.15, 0.2) is 0 Å². The molecule has 70 valence electrons. The molecule has 5 heteroatoms. The zero-order valence-corrected chi connectivity index (χ0v) is 7.22. The van der Waals surface area contributed by atoms with Crippen molar-refractivity contribution in [3.63, 3.8) is 0 Å². The molecule has 12 heavy (non-hydrogen) atoms. The topological polar surface area (TPSA) is 84.2 Å². The van der Waals surface area contributed by atoms with Gasteiger partial charge in [-0.1, -0.05) is 6.92 Å². The number of hydrogen-bond acceptors (Lipinski definition) is 3. The maximum atomic E-state index is 10.9. The van der Waals surface area contributed by atoms with E-state index in [1.165, 1.54) is 0 Å². The zero-order valence-electron chi connectivity index (χ0n) is 7.22. The quantitative estimate of drug-likeness (QED) is 0.461. The van der Waals surface area contributed by atoms with Crippen molar-refractivity contribution in [1.82, 2.24) is 10.6 Å². The highest BCUT2D eigenvalue weighted by atomic mass is 16.2. The third-order valence-corrected chi connectivity index (χ3v) is 1.23. The van der Waals surface area contributed by atoms with Crippen molar-refractivity contribution in [2.45, 2.75) is 13.3 Å². The number of primary amides is 1. The summed E-state index contributed by atoms with van der Waals surface area (Å²) in [6, 6.07) is 0. The summed E-state index contributed by atoms with van der Waals surface area (Å²) in [4.78, 5) is 21.1. The van der Waals surface area contributed by atoms with E-state index >= 15 is 0 Å². The fraction of sp³-hybridized carbons (Fsp3) is 0.714. The Morgan fingerprint density at radius 1 is 1.42 bits per heavy atom. The van der Waals surface area contributed by atoms with Crippen molar-refractivity contribution in [3.05, 3.63) is 0 Å². The Morgan fingerprint density at radius 3 is 2.58 bits per heavy atom. The van der Waals surface area contributed by atoms with E-state index in [0.717, 1.165) is 6.54 Å². The van der Waals surface area contributed by atoms with Gasteiger partial charge >= 0.3 is 0 Å².